The maximum atomic E-state index is 13.2. The third-order valence-corrected chi connectivity index (χ3v) is 4.13. The number of halogens is 2. The summed E-state index contributed by atoms with van der Waals surface area (Å²) in [7, 11) is 0. The van der Waals surface area contributed by atoms with E-state index in [1.807, 2.05) is 0 Å². The van der Waals surface area contributed by atoms with E-state index in [9.17, 15) is 14.0 Å². The standard InChI is InChI=1S/C14H16BrFN2O2/c15-11-7-9(5-6-12(11)16)14(20)18(8-13(17)19)10-3-1-2-4-10/h5-7,10H,1-4,8H2,(H2,17,19). The van der Waals surface area contributed by atoms with E-state index in [1.165, 1.54) is 23.1 Å². The third kappa shape index (κ3) is 3.36. The average molecular weight is 343 g/mol. The van der Waals surface area contributed by atoms with Crippen LogP contribution in [0.1, 0.15) is 36.0 Å². The first-order valence-corrected chi connectivity index (χ1v) is 7.32. The van der Waals surface area contributed by atoms with E-state index < -0.39 is 11.7 Å². The summed E-state index contributed by atoms with van der Waals surface area (Å²) in [5.74, 6) is -1.24. The van der Waals surface area contributed by atoms with E-state index in [2.05, 4.69) is 15.9 Å². The van der Waals surface area contributed by atoms with E-state index in [0.717, 1.165) is 25.7 Å². The van der Waals surface area contributed by atoms with Crippen molar-refractivity contribution in [3.8, 4) is 0 Å². The SMILES string of the molecule is NC(=O)CN(C(=O)c1ccc(F)c(Br)c1)C1CCCC1. The van der Waals surface area contributed by atoms with E-state index >= 15 is 0 Å². The molecule has 0 heterocycles. The maximum absolute atomic E-state index is 13.2. The number of nitrogens with two attached hydrogens (primary N) is 1. The molecule has 1 aromatic rings. The molecule has 2 N–H and O–H groups in total. The van der Waals surface area contributed by atoms with Gasteiger partial charge in [-0.05, 0) is 47.0 Å². The van der Waals surface area contributed by atoms with Gasteiger partial charge in [0.15, 0.2) is 0 Å². The summed E-state index contributed by atoms with van der Waals surface area (Å²) in [6, 6.07) is 4.12. The van der Waals surface area contributed by atoms with Gasteiger partial charge in [0.1, 0.15) is 5.82 Å². The lowest BCUT2D eigenvalue weighted by molar-refractivity contribution is -0.119. The molecule has 1 aliphatic rings. The molecule has 0 aliphatic heterocycles. The maximum Gasteiger partial charge on any atom is 0.254 e. The van der Waals surface area contributed by atoms with Crippen molar-refractivity contribution in [2.75, 3.05) is 6.54 Å². The second-order valence-corrected chi connectivity index (χ2v) is 5.82. The van der Waals surface area contributed by atoms with Gasteiger partial charge in [-0.1, -0.05) is 12.8 Å². The van der Waals surface area contributed by atoms with Gasteiger partial charge in [-0.3, -0.25) is 9.59 Å². The molecule has 2 rings (SSSR count). The molecule has 6 heteroatoms. The highest BCUT2D eigenvalue weighted by Crippen LogP contribution is 2.26. The second kappa shape index (κ2) is 6.35. The first-order chi connectivity index (χ1) is 9.49. The largest absolute Gasteiger partial charge is 0.368 e. The molecule has 0 aromatic heterocycles. The molecule has 0 unspecified atom stereocenters. The highest BCUT2D eigenvalue weighted by molar-refractivity contribution is 9.10. The van der Waals surface area contributed by atoms with Gasteiger partial charge in [-0.2, -0.15) is 0 Å². The van der Waals surface area contributed by atoms with E-state index in [1.54, 1.807) is 0 Å². The van der Waals surface area contributed by atoms with Crippen molar-refractivity contribution in [1.82, 2.24) is 4.90 Å². The molecule has 0 saturated heterocycles. The minimum atomic E-state index is -0.536. The van der Waals surface area contributed by atoms with Gasteiger partial charge in [0, 0.05) is 11.6 Å². The van der Waals surface area contributed by atoms with Gasteiger partial charge in [0.2, 0.25) is 5.91 Å². The normalized spacial score (nSPS) is 15.3. The van der Waals surface area contributed by atoms with Crippen molar-refractivity contribution in [2.24, 2.45) is 5.73 Å². The number of carbonyl (C=O) groups excluding carboxylic acids is 2. The van der Waals surface area contributed by atoms with Crippen LogP contribution in [0.25, 0.3) is 0 Å². The van der Waals surface area contributed by atoms with Crippen LogP contribution in [0.3, 0.4) is 0 Å². The predicted molar refractivity (Wildman–Crippen MR) is 76.6 cm³/mol. The van der Waals surface area contributed by atoms with Crippen LogP contribution in [0.15, 0.2) is 22.7 Å². The highest BCUT2D eigenvalue weighted by Gasteiger charge is 2.28. The molecule has 0 bridgehead atoms. The molecule has 0 atom stereocenters. The van der Waals surface area contributed by atoms with Crippen molar-refractivity contribution in [2.45, 2.75) is 31.7 Å². The number of primary amides is 1. The van der Waals surface area contributed by atoms with Crippen molar-refractivity contribution in [1.29, 1.82) is 0 Å². The average Bonchev–Trinajstić information content (AvgIpc) is 2.92. The Labute approximate surface area is 125 Å². The molecule has 2 amide bonds. The Morgan fingerprint density at radius 3 is 2.55 bits per heavy atom. The summed E-state index contributed by atoms with van der Waals surface area (Å²) in [5.41, 5.74) is 5.58. The van der Waals surface area contributed by atoms with E-state index in [-0.39, 0.29) is 23.0 Å². The van der Waals surface area contributed by atoms with Crippen LogP contribution >= 0.6 is 15.9 Å². The molecule has 4 nitrogen and oxygen atoms in total. The smallest absolute Gasteiger partial charge is 0.254 e. The van der Waals surface area contributed by atoms with Crippen LogP contribution in [-0.2, 0) is 4.79 Å². The summed E-state index contributed by atoms with van der Waals surface area (Å²) >= 11 is 3.06. The Morgan fingerprint density at radius 2 is 2.00 bits per heavy atom. The van der Waals surface area contributed by atoms with Gasteiger partial charge in [0.25, 0.3) is 5.91 Å². The van der Waals surface area contributed by atoms with Crippen LogP contribution in [0.4, 0.5) is 4.39 Å². The number of carbonyl (C=O) groups is 2. The topological polar surface area (TPSA) is 63.4 Å². The van der Waals surface area contributed by atoms with Gasteiger partial charge < -0.3 is 10.6 Å². The Hall–Kier alpha value is -1.43. The van der Waals surface area contributed by atoms with E-state index in [4.69, 9.17) is 5.73 Å². The second-order valence-electron chi connectivity index (χ2n) is 4.97. The summed E-state index contributed by atoms with van der Waals surface area (Å²) in [4.78, 5) is 25.2. The number of nitrogens with zero attached hydrogens (tertiary/aromatic N) is 1. The first kappa shape index (κ1) is 15.0. The lowest BCUT2D eigenvalue weighted by Crippen LogP contribution is -2.44. The molecular weight excluding hydrogens is 327 g/mol. The van der Waals surface area contributed by atoms with Gasteiger partial charge in [0.05, 0.1) is 11.0 Å². The molecule has 0 radical (unpaired) electrons. The Kier molecular flexibility index (Phi) is 4.75. The summed E-state index contributed by atoms with van der Waals surface area (Å²) in [5, 5.41) is 0. The van der Waals surface area contributed by atoms with Gasteiger partial charge >= 0.3 is 0 Å². The van der Waals surface area contributed by atoms with Gasteiger partial charge in [-0.15, -0.1) is 0 Å². The van der Waals surface area contributed by atoms with Crippen LogP contribution < -0.4 is 5.73 Å². The molecule has 20 heavy (non-hydrogen) atoms. The minimum Gasteiger partial charge on any atom is -0.368 e. The molecule has 1 aromatic carbocycles. The first-order valence-electron chi connectivity index (χ1n) is 6.53. The summed E-state index contributed by atoms with van der Waals surface area (Å²) in [6.07, 6.45) is 3.84. The molecule has 1 aliphatic carbocycles. The van der Waals surface area contributed by atoms with Crippen molar-refractivity contribution in [3.63, 3.8) is 0 Å². The van der Waals surface area contributed by atoms with Crippen molar-refractivity contribution in [3.05, 3.63) is 34.1 Å². The number of amides is 2. The fraction of sp³-hybridized carbons (Fsp3) is 0.429. The van der Waals surface area contributed by atoms with Crippen LogP contribution in [0.2, 0.25) is 0 Å². The van der Waals surface area contributed by atoms with Gasteiger partial charge in [-0.25, -0.2) is 4.39 Å². The van der Waals surface area contributed by atoms with Crippen LogP contribution in [0.5, 0.6) is 0 Å². The van der Waals surface area contributed by atoms with E-state index in [0.29, 0.717) is 5.56 Å². The summed E-state index contributed by atoms with van der Waals surface area (Å²) in [6.45, 7) is -0.0987. The highest BCUT2D eigenvalue weighted by atomic mass is 79.9. The quantitative estimate of drug-likeness (QED) is 0.913. The summed E-state index contributed by atoms with van der Waals surface area (Å²) < 4.78 is 13.5. The molecular formula is C14H16BrFN2O2. The number of rotatable bonds is 4. The number of hydrogen-bond acceptors (Lipinski definition) is 2. The molecule has 1 fully saturated rings. The zero-order chi connectivity index (χ0) is 14.7. The Balaban J connectivity index is 2.24. The lowest BCUT2D eigenvalue weighted by atomic mass is 10.1. The fourth-order valence-electron chi connectivity index (χ4n) is 2.55. The fourth-order valence-corrected chi connectivity index (χ4v) is 2.92. The molecule has 1 saturated carbocycles. The van der Waals surface area contributed by atoms with Crippen molar-refractivity contribution >= 4 is 27.7 Å². The molecule has 108 valence electrons. The zero-order valence-electron chi connectivity index (χ0n) is 10.9. The Bertz CT molecular complexity index is 530. The number of hydrogen-bond donors (Lipinski definition) is 1. The van der Waals surface area contributed by atoms with Crippen LogP contribution in [0, 0.1) is 5.82 Å². The predicted octanol–water partition coefficient (Wildman–Crippen LogP) is 2.46. The number of benzene rings is 1. The third-order valence-electron chi connectivity index (χ3n) is 3.52. The monoisotopic (exact) mass is 342 g/mol. The van der Waals surface area contributed by atoms with Crippen molar-refractivity contribution < 1.29 is 14.0 Å². The zero-order valence-corrected chi connectivity index (χ0v) is 12.5. The molecule has 0 spiro atoms. The lowest BCUT2D eigenvalue weighted by Gasteiger charge is -2.28. The Morgan fingerprint density at radius 1 is 1.35 bits per heavy atom. The van der Waals surface area contributed by atoms with Crippen LogP contribution in [-0.4, -0.2) is 29.3 Å². The minimum absolute atomic E-state index is 0.0406.